The van der Waals surface area contributed by atoms with Crippen LogP contribution in [0.15, 0.2) is 28.7 Å². The van der Waals surface area contributed by atoms with Crippen LogP contribution in [0.5, 0.6) is 0 Å². The molecule has 1 aromatic carbocycles. The highest BCUT2D eigenvalue weighted by molar-refractivity contribution is 5.41. The molecule has 0 fully saturated rings. The Hall–Kier alpha value is -1.54. The van der Waals surface area contributed by atoms with Crippen molar-refractivity contribution in [2.75, 3.05) is 6.54 Å². The fourth-order valence-corrected chi connectivity index (χ4v) is 2.69. The maximum Gasteiger partial charge on any atom is 0.125 e. The molecule has 0 radical (unpaired) electrons. The van der Waals surface area contributed by atoms with Crippen molar-refractivity contribution in [3.05, 3.63) is 58.0 Å². The molecule has 0 saturated heterocycles. The molecule has 0 amide bonds. The number of hydrogen-bond acceptors (Lipinski definition) is 2. The topological polar surface area (TPSA) is 25.2 Å². The highest BCUT2D eigenvalue weighted by Crippen LogP contribution is 2.28. The average Bonchev–Trinajstić information content (AvgIpc) is 2.93. The van der Waals surface area contributed by atoms with Gasteiger partial charge in [-0.2, -0.15) is 0 Å². The van der Waals surface area contributed by atoms with Crippen molar-refractivity contribution in [1.82, 2.24) is 5.32 Å². The average molecular weight is 285 g/mol. The second kappa shape index (κ2) is 6.95. The lowest BCUT2D eigenvalue weighted by atomic mass is 9.94. The summed E-state index contributed by atoms with van der Waals surface area (Å²) >= 11 is 0. The Bertz CT molecular complexity index is 598. The summed E-state index contributed by atoms with van der Waals surface area (Å²) in [5.74, 6) is 2.07. The van der Waals surface area contributed by atoms with Crippen molar-refractivity contribution in [2.24, 2.45) is 0 Å². The normalized spacial score (nSPS) is 12.6. The van der Waals surface area contributed by atoms with Gasteiger partial charge in [-0.15, -0.1) is 0 Å². The van der Waals surface area contributed by atoms with E-state index in [2.05, 4.69) is 64.2 Å². The zero-order chi connectivity index (χ0) is 15.4. The van der Waals surface area contributed by atoms with E-state index in [1.165, 1.54) is 22.3 Å². The molecule has 0 spiro atoms. The van der Waals surface area contributed by atoms with E-state index in [1.54, 1.807) is 0 Å². The molecule has 0 aliphatic carbocycles. The van der Waals surface area contributed by atoms with Gasteiger partial charge in [0.1, 0.15) is 11.5 Å². The lowest BCUT2D eigenvalue weighted by molar-refractivity contribution is 0.421. The fourth-order valence-electron chi connectivity index (χ4n) is 2.69. The minimum absolute atomic E-state index is 0.143. The van der Waals surface area contributed by atoms with Crippen molar-refractivity contribution in [3.63, 3.8) is 0 Å². The molecule has 1 atom stereocenters. The second-order valence-electron chi connectivity index (χ2n) is 5.84. The molecule has 2 nitrogen and oxygen atoms in total. The first-order valence-corrected chi connectivity index (χ1v) is 7.96. The van der Waals surface area contributed by atoms with Crippen molar-refractivity contribution in [2.45, 2.75) is 53.5 Å². The Morgan fingerprint density at radius 1 is 1.00 bits per heavy atom. The van der Waals surface area contributed by atoms with Crippen LogP contribution in [-0.4, -0.2) is 6.54 Å². The quantitative estimate of drug-likeness (QED) is 0.820. The molecule has 2 heteroatoms. The zero-order valence-corrected chi connectivity index (χ0v) is 13.9. The molecule has 0 aliphatic heterocycles. The number of furan rings is 1. The molecule has 0 saturated carbocycles. The lowest BCUT2D eigenvalue weighted by Crippen LogP contribution is -2.23. The third kappa shape index (κ3) is 3.56. The number of rotatable bonds is 6. The molecule has 21 heavy (non-hydrogen) atoms. The van der Waals surface area contributed by atoms with Crippen LogP contribution in [0.2, 0.25) is 0 Å². The van der Waals surface area contributed by atoms with Crippen LogP contribution in [0.1, 0.15) is 60.1 Å². The fraction of sp³-hybridized carbons (Fsp3) is 0.474. The van der Waals surface area contributed by atoms with Crippen LogP contribution in [0, 0.1) is 20.8 Å². The lowest BCUT2D eigenvalue weighted by Gasteiger charge is -2.20. The minimum Gasteiger partial charge on any atom is -0.464 e. The van der Waals surface area contributed by atoms with Gasteiger partial charge in [0.05, 0.1) is 6.04 Å². The first-order valence-electron chi connectivity index (χ1n) is 7.96. The van der Waals surface area contributed by atoms with Gasteiger partial charge in [-0.1, -0.05) is 26.0 Å². The maximum atomic E-state index is 6.01. The Morgan fingerprint density at radius 3 is 2.33 bits per heavy atom. The third-order valence-electron chi connectivity index (χ3n) is 4.11. The van der Waals surface area contributed by atoms with Gasteiger partial charge in [0.2, 0.25) is 0 Å². The number of aryl methyl sites for hydroxylation is 4. The van der Waals surface area contributed by atoms with Crippen LogP contribution < -0.4 is 5.32 Å². The molecule has 0 bridgehead atoms. The van der Waals surface area contributed by atoms with E-state index in [4.69, 9.17) is 4.42 Å². The molecule has 1 N–H and O–H groups in total. The summed E-state index contributed by atoms with van der Waals surface area (Å²) in [6.45, 7) is 11.8. The van der Waals surface area contributed by atoms with Crippen LogP contribution in [0.25, 0.3) is 0 Å². The third-order valence-corrected chi connectivity index (χ3v) is 4.11. The number of benzene rings is 1. The van der Waals surface area contributed by atoms with Crippen molar-refractivity contribution in [3.8, 4) is 0 Å². The Labute approximate surface area is 128 Å². The SMILES string of the molecule is CCCNC(c1ccc(CC)o1)c1cc(C)c(C)cc1C. The zero-order valence-electron chi connectivity index (χ0n) is 13.9. The van der Waals surface area contributed by atoms with Crippen molar-refractivity contribution in [1.29, 1.82) is 0 Å². The molecule has 0 aliphatic rings. The minimum atomic E-state index is 0.143. The van der Waals surface area contributed by atoms with Crippen LogP contribution >= 0.6 is 0 Å². The molecular weight excluding hydrogens is 258 g/mol. The van der Waals surface area contributed by atoms with E-state index in [9.17, 15) is 0 Å². The summed E-state index contributed by atoms with van der Waals surface area (Å²) in [4.78, 5) is 0. The molecule has 1 unspecified atom stereocenters. The molecule has 1 heterocycles. The van der Waals surface area contributed by atoms with Gasteiger partial charge in [-0.3, -0.25) is 0 Å². The molecule has 114 valence electrons. The van der Waals surface area contributed by atoms with Crippen LogP contribution in [0.4, 0.5) is 0 Å². The van der Waals surface area contributed by atoms with Crippen molar-refractivity contribution >= 4 is 0 Å². The summed E-state index contributed by atoms with van der Waals surface area (Å²) < 4.78 is 6.01. The first kappa shape index (κ1) is 15.8. The summed E-state index contributed by atoms with van der Waals surface area (Å²) in [5, 5.41) is 3.63. The molecule has 2 rings (SSSR count). The number of nitrogens with one attached hydrogen (secondary N) is 1. The van der Waals surface area contributed by atoms with E-state index < -0.39 is 0 Å². The van der Waals surface area contributed by atoms with Gasteiger partial charge >= 0.3 is 0 Å². The predicted octanol–water partition coefficient (Wildman–Crippen LogP) is 4.86. The van der Waals surface area contributed by atoms with Gasteiger partial charge < -0.3 is 9.73 Å². The van der Waals surface area contributed by atoms with Gasteiger partial charge in [0.15, 0.2) is 0 Å². The van der Waals surface area contributed by atoms with Gasteiger partial charge in [0, 0.05) is 6.42 Å². The molecule has 1 aromatic heterocycles. The van der Waals surface area contributed by atoms with Crippen molar-refractivity contribution < 1.29 is 4.42 Å². The second-order valence-corrected chi connectivity index (χ2v) is 5.84. The Kier molecular flexibility index (Phi) is 5.24. The highest BCUT2D eigenvalue weighted by atomic mass is 16.3. The Morgan fingerprint density at radius 2 is 1.71 bits per heavy atom. The highest BCUT2D eigenvalue weighted by Gasteiger charge is 2.19. The smallest absolute Gasteiger partial charge is 0.125 e. The summed E-state index contributed by atoms with van der Waals surface area (Å²) in [7, 11) is 0. The van der Waals surface area contributed by atoms with E-state index in [-0.39, 0.29) is 6.04 Å². The predicted molar refractivity (Wildman–Crippen MR) is 88.9 cm³/mol. The van der Waals surface area contributed by atoms with E-state index >= 15 is 0 Å². The summed E-state index contributed by atoms with van der Waals surface area (Å²) in [6, 6.07) is 8.92. The van der Waals surface area contributed by atoms with Gasteiger partial charge in [-0.05, 0) is 68.1 Å². The van der Waals surface area contributed by atoms with E-state index in [0.717, 1.165) is 30.9 Å². The van der Waals surface area contributed by atoms with Crippen LogP contribution in [-0.2, 0) is 6.42 Å². The summed E-state index contributed by atoms with van der Waals surface area (Å²) in [5.41, 5.74) is 5.32. The van der Waals surface area contributed by atoms with E-state index in [1.807, 2.05) is 0 Å². The standard InChI is InChI=1S/C19H27NO/c1-6-10-20-19(18-9-8-16(7-2)21-18)17-12-14(4)13(3)11-15(17)5/h8-9,11-12,19-20H,6-7,10H2,1-5H3. The molecular formula is C19H27NO. The first-order chi connectivity index (χ1) is 10.1. The maximum absolute atomic E-state index is 6.01. The largest absolute Gasteiger partial charge is 0.464 e. The number of hydrogen-bond donors (Lipinski definition) is 1. The van der Waals surface area contributed by atoms with E-state index in [0.29, 0.717) is 0 Å². The van der Waals surface area contributed by atoms with Gasteiger partial charge in [-0.25, -0.2) is 0 Å². The van der Waals surface area contributed by atoms with Crippen LogP contribution in [0.3, 0.4) is 0 Å². The molecule has 2 aromatic rings. The van der Waals surface area contributed by atoms with Gasteiger partial charge in [0.25, 0.3) is 0 Å². The Balaban J connectivity index is 2.42. The monoisotopic (exact) mass is 285 g/mol. The summed E-state index contributed by atoms with van der Waals surface area (Å²) in [6.07, 6.45) is 2.05.